The zero-order valence-corrected chi connectivity index (χ0v) is 11.1. The van der Waals surface area contributed by atoms with Gasteiger partial charge in [0.1, 0.15) is 5.75 Å². The standard InChI is InChI=1S/C11H9BrClNO2/c1-5-9(12)11(15)8-7(16-2)4-3-6(13)10(8)14-5/h3-4H,1-2H3,(H,14,15). The Morgan fingerprint density at radius 2 is 2.12 bits per heavy atom. The summed E-state index contributed by atoms with van der Waals surface area (Å²) in [5, 5.41) is 0.968. The van der Waals surface area contributed by atoms with E-state index in [1.54, 1.807) is 19.1 Å². The van der Waals surface area contributed by atoms with Gasteiger partial charge in [-0.3, -0.25) is 4.79 Å². The minimum atomic E-state index is -0.120. The fourth-order valence-corrected chi connectivity index (χ4v) is 2.10. The summed E-state index contributed by atoms with van der Waals surface area (Å²) in [4.78, 5) is 15.2. The number of methoxy groups -OCH3 is 1. The van der Waals surface area contributed by atoms with E-state index in [1.165, 1.54) is 7.11 Å². The second-order valence-electron chi connectivity index (χ2n) is 3.39. The molecule has 1 aromatic heterocycles. The summed E-state index contributed by atoms with van der Waals surface area (Å²) < 4.78 is 5.66. The number of hydrogen-bond donors (Lipinski definition) is 1. The molecule has 1 aromatic carbocycles. The highest BCUT2D eigenvalue weighted by atomic mass is 79.9. The fourth-order valence-electron chi connectivity index (χ4n) is 1.60. The Balaban J connectivity index is 3.06. The molecule has 0 atom stereocenters. The summed E-state index contributed by atoms with van der Waals surface area (Å²) in [6, 6.07) is 3.38. The molecule has 0 saturated heterocycles. The maximum atomic E-state index is 12.1. The highest BCUT2D eigenvalue weighted by Gasteiger charge is 2.13. The molecule has 0 bridgehead atoms. The van der Waals surface area contributed by atoms with E-state index >= 15 is 0 Å². The second-order valence-corrected chi connectivity index (χ2v) is 4.59. The summed E-state index contributed by atoms with van der Waals surface area (Å²) in [6.07, 6.45) is 0. The van der Waals surface area contributed by atoms with Gasteiger partial charge >= 0.3 is 0 Å². The molecule has 0 aliphatic rings. The Bertz CT molecular complexity index is 621. The molecule has 0 aliphatic carbocycles. The van der Waals surface area contributed by atoms with Gasteiger partial charge in [0, 0.05) is 5.69 Å². The van der Waals surface area contributed by atoms with Gasteiger partial charge in [0.2, 0.25) is 5.43 Å². The molecule has 84 valence electrons. The van der Waals surface area contributed by atoms with Crippen LogP contribution in [0.2, 0.25) is 5.02 Å². The van der Waals surface area contributed by atoms with Crippen LogP contribution in [0.4, 0.5) is 0 Å². The zero-order valence-electron chi connectivity index (χ0n) is 8.73. The molecule has 2 aromatic rings. The lowest BCUT2D eigenvalue weighted by Crippen LogP contribution is -2.08. The van der Waals surface area contributed by atoms with Gasteiger partial charge < -0.3 is 9.72 Å². The van der Waals surface area contributed by atoms with Crippen LogP contribution in [-0.2, 0) is 0 Å². The van der Waals surface area contributed by atoms with Crippen LogP contribution in [0.5, 0.6) is 5.75 Å². The third-order valence-corrected chi connectivity index (χ3v) is 3.67. The first-order chi connectivity index (χ1) is 7.56. The van der Waals surface area contributed by atoms with Gasteiger partial charge in [-0.05, 0) is 35.0 Å². The van der Waals surface area contributed by atoms with E-state index in [9.17, 15) is 4.79 Å². The number of aromatic nitrogens is 1. The van der Waals surface area contributed by atoms with Crippen molar-refractivity contribution >= 4 is 38.4 Å². The quantitative estimate of drug-likeness (QED) is 0.878. The van der Waals surface area contributed by atoms with E-state index in [2.05, 4.69) is 20.9 Å². The maximum absolute atomic E-state index is 12.1. The zero-order chi connectivity index (χ0) is 11.9. The van der Waals surface area contributed by atoms with Crippen molar-refractivity contribution in [3.05, 3.63) is 37.5 Å². The number of pyridine rings is 1. The topological polar surface area (TPSA) is 42.1 Å². The molecule has 0 aliphatic heterocycles. The van der Waals surface area contributed by atoms with Crippen molar-refractivity contribution in [2.75, 3.05) is 7.11 Å². The highest BCUT2D eigenvalue weighted by molar-refractivity contribution is 9.10. The molecule has 0 saturated carbocycles. The number of aromatic amines is 1. The van der Waals surface area contributed by atoms with Crippen LogP contribution in [0.15, 0.2) is 21.4 Å². The van der Waals surface area contributed by atoms with E-state index < -0.39 is 0 Å². The molecule has 0 spiro atoms. The monoisotopic (exact) mass is 301 g/mol. The van der Waals surface area contributed by atoms with Crippen LogP contribution in [0.3, 0.4) is 0 Å². The number of nitrogens with one attached hydrogen (secondary N) is 1. The molecule has 0 radical (unpaired) electrons. The van der Waals surface area contributed by atoms with Crippen molar-refractivity contribution in [3.63, 3.8) is 0 Å². The van der Waals surface area contributed by atoms with Gasteiger partial charge in [-0.25, -0.2) is 0 Å². The molecule has 0 fully saturated rings. The largest absolute Gasteiger partial charge is 0.496 e. The molecule has 3 nitrogen and oxygen atoms in total. The Morgan fingerprint density at radius 1 is 1.44 bits per heavy atom. The Labute approximate surface area is 106 Å². The fraction of sp³-hybridized carbons (Fsp3) is 0.182. The first kappa shape index (κ1) is 11.5. The Morgan fingerprint density at radius 3 is 2.75 bits per heavy atom. The molecule has 0 amide bonds. The number of fused-ring (bicyclic) bond motifs is 1. The number of aryl methyl sites for hydroxylation is 1. The minimum absolute atomic E-state index is 0.120. The molecule has 0 unspecified atom stereocenters. The van der Waals surface area contributed by atoms with Gasteiger partial charge in [0.25, 0.3) is 0 Å². The Hall–Kier alpha value is -1.00. The van der Waals surface area contributed by atoms with Crippen LogP contribution in [0.25, 0.3) is 10.9 Å². The van der Waals surface area contributed by atoms with Gasteiger partial charge in [-0.15, -0.1) is 0 Å². The van der Waals surface area contributed by atoms with Crippen molar-refractivity contribution in [2.24, 2.45) is 0 Å². The lowest BCUT2D eigenvalue weighted by Gasteiger charge is -2.08. The molecule has 1 heterocycles. The van der Waals surface area contributed by atoms with Crippen LogP contribution >= 0.6 is 27.5 Å². The second kappa shape index (κ2) is 4.11. The lowest BCUT2D eigenvalue weighted by molar-refractivity contribution is 0.419. The molecular weight excluding hydrogens is 293 g/mol. The molecule has 2 rings (SSSR count). The number of hydrogen-bond acceptors (Lipinski definition) is 2. The number of benzene rings is 1. The van der Waals surface area contributed by atoms with Gasteiger partial charge in [-0.2, -0.15) is 0 Å². The normalized spacial score (nSPS) is 10.8. The number of halogens is 2. The first-order valence-electron chi connectivity index (χ1n) is 4.61. The van der Waals surface area contributed by atoms with Crippen LogP contribution in [0.1, 0.15) is 5.69 Å². The summed E-state index contributed by atoms with van der Waals surface area (Å²) in [6.45, 7) is 1.81. The lowest BCUT2D eigenvalue weighted by atomic mass is 10.1. The van der Waals surface area contributed by atoms with Crippen molar-refractivity contribution in [2.45, 2.75) is 6.92 Å². The highest BCUT2D eigenvalue weighted by Crippen LogP contribution is 2.29. The molecule has 16 heavy (non-hydrogen) atoms. The Kier molecular flexibility index (Phi) is 2.95. The van der Waals surface area contributed by atoms with Crippen molar-refractivity contribution < 1.29 is 4.74 Å². The maximum Gasteiger partial charge on any atom is 0.207 e. The van der Waals surface area contributed by atoms with Gasteiger partial charge in [0.05, 0.1) is 27.5 Å². The third kappa shape index (κ3) is 1.62. The summed E-state index contributed by atoms with van der Waals surface area (Å²) in [5.41, 5.74) is 1.23. The van der Waals surface area contributed by atoms with E-state index in [0.29, 0.717) is 26.1 Å². The average Bonchev–Trinajstić information content (AvgIpc) is 2.27. The van der Waals surface area contributed by atoms with E-state index in [1.807, 2.05) is 0 Å². The van der Waals surface area contributed by atoms with Crippen LogP contribution in [0, 0.1) is 6.92 Å². The average molecular weight is 303 g/mol. The van der Waals surface area contributed by atoms with Crippen molar-refractivity contribution in [1.29, 1.82) is 0 Å². The summed E-state index contributed by atoms with van der Waals surface area (Å²) in [5.74, 6) is 0.515. The predicted octanol–water partition coefficient (Wildman–Crippen LogP) is 3.26. The smallest absolute Gasteiger partial charge is 0.207 e. The predicted molar refractivity (Wildman–Crippen MR) is 68.6 cm³/mol. The molecule has 5 heteroatoms. The van der Waals surface area contributed by atoms with Crippen LogP contribution < -0.4 is 10.2 Å². The minimum Gasteiger partial charge on any atom is -0.496 e. The number of ether oxygens (including phenoxy) is 1. The van der Waals surface area contributed by atoms with Crippen molar-refractivity contribution in [1.82, 2.24) is 4.98 Å². The van der Waals surface area contributed by atoms with E-state index in [-0.39, 0.29) is 5.43 Å². The first-order valence-corrected chi connectivity index (χ1v) is 5.78. The number of rotatable bonds is 1. The molecular formula is C11H9BrClNO2. The SMILES string of the molecule is COc1ccc(Cl)c2[nH]c(C)c(Br)c(=O)c12. The number of H-pyrrole nitrogens is 1. The summed E-state index contributed by atoms with van der Waals surface area (Å²) >= 11 is 9.29. The van der Waals surface area contributed by atoms with Gasteiger partial charge in [0.15, 0.2) is 0 Å². The van der Waals surface area contributed by atoms with Crippen LogP contribution in [-0.4, -0.2) is 12.1 Å². The molecule has 1 N–H and O–H groups in total. The third-order valence-electron chi connectivity index (χ3n) is 2.40. The van der Waals surface area contributed by atoms with Crippen molar-refractivity contribution in [3.8, 4) is 5.75 Å². The summed E-state index contributed by atoms with van der Waals surface area (Å²) in [7, 11) is 1.52. The van der Waals surface area contributed by atoms with E-state index in [0.717, 1.165) is 5.69 Å². The van der Waals surface area contributed by atoms with E-state index in [4.69, 9.17) is 16.3 Å². The van der Waals surface area contributed by atoms with Gasteiger partial charge in [-0.1, -0.05) is 11.6 Å².